The van der Waals surface area contributed by atoms with Crippen LogP contribution in [-0.4, -0.2) is 15.2 Å². The van der Waals surface area contributed by atoms with Crippen LogP contribution in [0.1, 0.15) is 5.69 Å². The lowest BCUT2D eigenvalue weighted by atomic mass is 10.2. The van der Waals surface area contributed by atoms with Gasteiger partial charge in [-0.05, 0) is 19.1 Å². The highest BCUT2D eigenvalue weighted by molar-refractivity contribution is 5.52. The Kier molecular flexibility index (Phi) is 1.63. The van der Waals surface area contributed by atoms with Crippen LogP contribution in [0.15, 0.2) is 24.4 Å². The first kappa shape index (κ1) is 7.03. The molecule has 3 nitrogen and oxygen atoms in total. The van der Waals surface area contributed by atoms with Gasteiger partial charge in [0, 0.05) is 18.0 Å². The van der Waals surface area contributed by atoms with Crippen molar-refractivity contribution in [3.63, 3.8) is 0 Å². The monoisotopic (exact) mass is 158 g/mol. The van der Waals surface area contributed by atoms with Gasteiger partial charge in [-0.2, -0.15) is 5.10 Å². The quantitative estimate of drug-likeness (QED) is 0.684. The molecular formula is C9H8N3. The lowest BCUT2D eigenvalue weighted by Gasteiger charge is -1.90. The minimum absolute atomic E-state index is 0.771. The summed E-state index contributed by atoms with van der Waals surface area (Å²) >= 11 is 0. The minimum atomic E-state index is 0.771. The summed E-state index contributed by atoms with van der Waals surface area (Å²) in [5, 5.41) is 6.86. The number of nitrogens with one attached hydrogen (secondary N) is 1. The summed E-state index contributed by atoms with van der Waals surface area (Å²) in [5.41, 5.74) is 2.55. The van der Waals surface area contributed by atoms with E-state index in [0.29, 0.717) is 0 Å². The van der Waals surface area contributed by atoms with E-state index in [1.165, 1.54) is 0 Å². The van der Waals surface area contributed by atoms with Crippen molar-refractivity contribution in [2.24, 2.45) is 0 Å². The summed E-state index contributed by atoms with van der Waals surface area (Å²) in [6, 6.07) is 8.78. The molecule has 2 aromatic heterocycles. The minimum Gasteiger partial charge on any atom is -0.282 e. The zero-order valence-electron chi connectivity index (χ0n) is 6.70. The number of pyridine rings is 1. The molecule has 1 radical (unpaired) electrons. The summed E-state index contributed by atoms with van der Waals surface area (Å²) in [4.78, 5) is 4.15. The van der Waals surface area contributed by atoms with Crippen molar-refractivity contribution in [1.29, 1.82) is 0 Å². The van der Waals surface area contributed by atoms with E-state index < -0.39 is 0 Å². The lowest BCUT2D eigenvalue weighted by molar-refractivity contribution is 1.04. The molecule has 12 heavy (non-hydrogen) atoms. The van der Waals surface area contributed by atoms with Crippen molar-refractivity contribution in [3.05, 3.63) is 36.2 Å². The SMILES string of the molecule is Cc1[c]c(-c2ccccn2)n[nH]1. The number of aryl methyl sites for hydroxylation is 1. The first-order valence-electron chi connectivity index (χ1n) is 3.72. The molecule has 0 saturated carbocycles. The molecule has 0 amide bonds. The normalized spacial score (nSPS) is 10.1. The molecular weight excluding hydrogens is 150 g/mol. The van der Waals surface area contributed by atoms with E-state index in [-0.39, 0.29) is 0 Å². The fourth-order valence-electron chi connectivity index (χ4n) is 0.997. The molecule has 3 heteroatoms. The zero-order valence-corrected chi connectivity index (χ0v) is 6.70. The Morgan fingerprint density at radius 3 is 2.92 bits per heavy atom. The lowest BCUT2D eigenvalue weighted by Crippen LogP contribution is -1.80. The molecule has 0 aromatic carbocycles. The van der Waals surface area contributed by atoms with E-state index in [9.17, 15) is 0 Å². The molecule has 0 unspecified atom stereocenters. The van der Waals surface area contributed by atoms with Crippen molar-refractivity contribution < 1.29 is 0 Å². The smallest absolute Gasteiger partial charge is 0.119 e. The van der Waals surface area contributed by atoms with Crippen LogP contribution in [0.2, 0.25) is 0 Å². The van der Waals surface area contributed by atoms with Gasteiger partial charge >= 0.3 is 0 Å². The zero-order chi connectivity index (χ0) is 8.39. The number of aromatic amines is 1. The van der Waals surface area contributed by atoms with Gasteiger partial charge in [0.1, 0.15) is 5.69 Å². The fraction of sp³-hybridized carbons (Fsp3) is 0.111. The average Bonchev–Trinajstić information content (AvgIpc) is 2.54. The van der Waals surface area contributed by atoms with Crippen molar-refractivity contribution in [1.82, 2.24) is 15.2 Å². The highest BCUT2D eigenvalue weighted by atomic mass is 15.1. The number of hydrogen-bond donors (Lipinski definition) is 1. The molecule has 59 valence electrons. The summed E-state index contributed by atoms with van der Waals surface area (Å²) in [5.74, 6) is 0. The second-order valence-electron chi connectivity index (χ2n) is 2.54. The summed E-state index contributed by atoms with van der Waals surface area (Å²) in [7, 11) is 0. The van der Waals surface area contributed by atoms with Crippen LogP contribution in [0.5, 0.6) is 0 Å². The molecule has 0 saturated heterocycles. The molecule has 2 heterocycles. The molecule has 0 fully saturated rings. The standard InChI is InChI=1S/C9H8N3/c1-7-6-9(12-11-7)8-4-2-3-5-10-8/h2-5H,1H3,(H,11,12). The number of H-pyrrole nitrogens is 1. The molecule has 0 spiro atoms. The van der Waals surface area contributed by atoms with Gasteiger partial charge in [0.25, 0.3) is 0 Å². The molecule has 2 aromatic rings. The summed E-state index contributed by atoms with van der Waals surface area (Å²) < 4.78 is 0. The van der Waals surface area contributed by atoms with Crippen LogP contribution in [0.3, 0.4) is 0 Å². The van der Waals surface area contributed by atoms with Crippen molar-refractivity contribution in [2.75, 3.05) is 0 Å². The second-order valence-corrected chi connectivity index (χ2v) is 2.54. The van der Waals surface area contributed by atoms with Crippen molar-refractivity contribution in [2.45, 2.75) is 6.92 Å². The molecule has 0 atom stereocenters. The van der Waals surface area contributed by atoms with Crippen LogP contribution < -0.4 is 0 Å². The first-order chi connectivity index (χ1) is 5.86. The summed E-state index contributed by atoms with van der Waals surface area (Å²) in [6.45, 7) is 1.92. The van der Waals surface area contributed by atoms with Crippen LogP contribution in [0.25, 0.3) is 11.4 Å². The Morgan fingerprint density at radius 2 is 2.33 bits per heavy atom. The number of aromatic nitrogens is 3. The maximum Gasteiger partial charge on any atom is 0.119 e. The van der Waals surface area contributed by atoms with Gasteiger partial charge in [-0.15, -0.1) is 0 Å². The molecule has 0 aliphatic carbocycles. The molecule has 2 rings (SSSR count). The Bertz CT molecular complexity index is 364. The summed E-state index contributed by atoms with van der Waals surface area (Å²) in [6.07, 6.45) is 1.74. The van der Waals surface area contributed by atoms with Gasteiger partial charge < -0.3 is 0 Å². The van der Waals surface area contributed by atoms with Gasteiger partial charge in [-0.25, -0.2) is 0 Å². The largest absolute Gasteiger partial charge is 0.282 e. The third-order valence-electron chi connectivity index (χ3n) is 1.55. The van der Waals surface area contributed by atoms with E-state index >= 15 is 0 Å². The Hall–Kier alpha value is -1.64. The highest BCUT2D eigenvalue weighted by Gasteiger charge is 2.01. The van der Waals surface area contributed by atoms with Gasteiger partial charge in [-0.3, -0.25) is 10.1 Å². The Labute approximate surface area is 70.5 Å². The highest BCUT2D eigenvalue weighted by Crippen LogP contribution is 2.12. The second kappa shape index (κ2) is 2.77. The topological polar surface area (TPSA) is 41.6 Å². The van der Waals surface area contributed by atoms with Crippen LogP contribution in [0.4, 0.5) is 0 Å². The van der Waals surface area contributed by atoms with Gasteiger partial charge in [0.15, 0.2) is 0 Å². The maximum absolute atomic E-state index is 4.15. The Morgan fingerprint density at radius 1 is 1.42 bits per heavy atom. The van der Waals surface area contributed by atoms with E-state index in [4.69, 9.17) is 0 Å². The van der Waals surface area contributed by atoms with Gasteiger partial charge in [-0.1, -0.05) is 6.07 Å². The first-order valence-corrected chi connectivity index (χ1v) is 3.72. The maximum atomic E-state index is 4.15. The van der Waals surface area contributed by atoms with Gasteiger partial charge in [0.2, 0.25) is 0 Å². The van der Waals surface area contributed by atoms with Crippen molar-refractivity contribution >= 4 is 0 Å². The predicted octanol–water partition coefficient (Wildman–Crippen LogP) is 1.58. The van der Waals surface area contributed by atoms with Crippen LogP contribution >= 0.6 is 0 Å². The van der Waals surface area contributed by atoms with E-state index in [2.05, 4.69) is 21.2 Å². The molecule has 0 bridgehead atoms. The third-order valence-corrected chi connectivity index (χ3v) is 1.55. The molecule has 0 aliphatic heterocycles. The van der Waals surface area contributed by atoms with Crippen LogP contribution in [-0.2, 0) is 0 Å². The van der Waals surface area contributed by atoms with E-state index in [1.807, 2.05) is 25.1 Å². The average molecular weight is 158 g/mol. The fourth-order valence-corrected chi connectivity index (χ4v) is 0.997. The number of hydrogen-bond acceptors (Lipinski definition) is 2. The number of nitrogens with zero attached hydrogens (tertiary/aromatic N) is 2. The molecule has 0 aliphatic rings. The van der Waals surface area contributed by atoms with Gasteiger partial charge in [0.05, 0.1) is 5.69 Å². The van der Waals surface area contributed by atoms with Crippen molar-refractivity contribution in [3.8, 4) is 11.4 Å². The van der Waals surface area contributed by atoms with E-state index in [0.717, 1.165) is 17.1 Å². The molecule has 1 N–H and O–H groups in total. The Balaban J connectivity index is 2.45. The van der Waals surface area contributed by atoms with E-state index in [1.54, 1.807) is 6.20 Å². The third kappa shape index (κ3) is 1.21. The van der Waals surface area contributed by atoms with Crippen LogP contribution in [0, 0.1) is 13.0 Å². The number of rotatable bonds is 1. The predicted molar refractivity (Wildman–Crippen MR) is 45.4 cm³/mol.